The van der Waals surface area contributed by atoms with Gasteiger partial charge in [0.25, 0.3) is 0 Å². The molecule has 4 nitrogen and oxygen atoms in total. The van der Waals surface area contributed by atoms with Gasteiger partial charge < -0.3 is 9.97 Å². The summed E-state index contributed by atoms with van der Waals surface area (Å²) in [5, 5.41) is 0. The summed E-state index contributed by atoms with van der Waals surface area (Å²) in [6, 6.07) is 40.6. The van der Waals surface area contributed by atoms with E-state index in [-0.39, 0.29) is 32.5 Å². The van der Waals surface area contributed by atoms with E-state index in [2.05, 4.69) is 256 Å². The summed E-state index contributed by atoms with van der Waals surface area (Å²) in [6.07, 6.45) is 12.9. The van der Waals surface area contributed by atoms with Gasteiger partial charge in [0.05, 0.1) is 22.8 Å². The Balaban J connectivity index is 1.49. The van der Waals surface area contributed by atoms with Crippen molar-refractivity contribution >= 4 is 52.4 Å². The fourth-order valence-electron chi connectivity index (χ4n) is 10.00. The zero-order valence-electron chi connectivity index (χ0n) is 48.8. The van der Waals surface area contributed by atoms with Gasteiger partial charge in [-0.1, -0.05) is 209 Å². The molecule has 0 spiro atoms. The van der Waals surface area contributed by atoms with Crippen LogP contribution in [0.4, 0.5) is 0 Å². The number of hydrogen-bond acceptors (Lipinski definition) is 2. The van der Waals surface area contributed by atoms with Crippen LogP contribution in [0.15, 0.2) is 115 Å². The van der Waals surface area contributed by atoms with Crippen molar-refractivity contribution in [1.82, 2.24) is 19.9 Å². The first-order valence-corrected chi connectivity index (χ1v) is 27.3. The molecule has 4 aromatic carbocycles. The van der Waals surface area contributed by atoms with Crippen LogP contribution in [0, 0.1) is 11.8 Å². The third-order valence-corrected chi connectivity index (χ3v) is 15.0. The zero-order valence-corrected chi connectivity index (χ0v) is 48.8. The van der Waals surface area contributed by atoms with E-state index in [4.69, 9.17) is 9.97 Å². The SMILES string of the molecule is CC(C)(C)c1cc(-c2c3nc(c(-c4cc(C(C)(C)C)cc(C(C)(C)C)c4)c4ccc([nH]4)c(-c4cc(C(C)(C)C)cc(C(C)(C)C)c4)c4nc(c(/C=C/C#Cc5ccccc5)c5ccc2[nH]5)C=C4)C=C3)cc(C(C)(C)C)c1. The van der Waals surface area contributed by atoms with Crippen molar-refractivity contribution in [2.24, 2.45) is 0 Å². The van der Waals surface area contributed by atoms with Gasteiger partial charge in [-0.2, -0.15) is 0 Å². The molecular formula is C72H80N4. The average Bonchev–Trinajstić information content (AvgIpc) is 4.19. The van der Waals surface area contributed by atoms with Crippen LogP contribution in [-0.2, 0) is 32.5 Å². The highest BCUT2D eigenvalue weighted by molar-refractivity contribution is 5.99. The normalized spacial score (nSPS) is 13.4. The lowest BCUT2D eigenvalue weighted by Gasteiger charge is -2.26. The number of nitrogens with one attached hydrogen (secondary N) is 2. The maximum absolute atomic E-state index is 5.79. The first-order valence-electron chi connectivity index (χ1n) is 27.3. The summed E-state index contributed by atoms with van der Waals surface area (Å²) in [4.78, 5) is 19.5. The van der Waals surface area contributed by atoms with E-state index in [1.54, 1.807) is 0 Å². The Hall–Kier alpha value is -7.22. The van der Waals surface area contributed by atoms with Crippen molar-refractivity contribution in [1.29, 1.82) is 0 Å². The monoisotopic (exact) mass is 1000 g/mol. The van der Waals surface area contributed by atoms with Gasteiger partial charge in [0.15, 0.2) is 0 Å². The third kappa shape index (κ3) is 11.3. The molecule has 2 N–H and O–H groups in total. The number of hydrogen-bond donors (Lipinski definition) is 2. The summed E-state index contributed by atoms with van der Waals surface area (Å²) >= 11 is 0. The van der Waals surface area contributed by atoms with Crippen molar-refractivity contribution in [3.63, 3.8) is 0 Å². The predicted octanol–water partition coefficient (Wildman–Crippen LogP) is 19.5. The number of benzene rings is 4. The summed E-state index contributed by atoms with van der Waals surface area (Å²) < 4.78 is 0. The van der Waals surface area contributed by atoms with Crippen LogP contribution in [0.2, 0.25) is 0 Å². The second-order valence-electron chi connectivity index (χ2n) is 27.4. The minimum absolute atomic E-state index is 0.0958. The van der Waals surface area contributed by atoms with Crippen molar-refractivity contribution in [3.05, 3.63) is 183 Å². The van der Waals surface area contributed by atoms with Gasteiger partial charge in [-0.3, -0.25) is 0 Å². The Morgan fingerprint density at radius 1 is 0.355 bits per heavy atom. The molecule has 0 amide bonds. The highest BCUT2D eigenvalue weighted by Crippen LogP contribution is 2.43. The summed E-state index contributed by atoms with van der Waals surface area (Å²) in [7, 11) is 0. The molecule has 7 aromatic rings. The Morgan fingerprint density at radius 2 is 0.658 bits per heavy atom. The molecule has 2 aliphatic heterocycles. The molecule has 0 saturated carbocycles. The van der Waals surface area contributed by atoms with Crippen LogP contribution >= 0.6 is 0 Å². The van der Waals surface area contributed by atoms with E-state index < -0.39 is 0 Å². The van der Waals surface area contributed by atoms with E-state index in [0.29, 0.717) is 0 Å². The highest BCUT2D eigenvalue weighted by Gasteiger charge is 2.27. The van der Waals surface area contributed by atoms with E-state index in [1.807, 2.05) is 36.4 Å². The van der Waals surface area contributed by atoms with Crippen molar-refractivity contribution in [2.75, 3.05) is 0 Å². The summed E-state index contributed by atoms with van der Waals surface area (Å²) in [5.74, 6) is 6.68. The molecule has 388 valence electrons. The largest absolute Gasteiger partial charge is 0.354 e. The first kappa shape index (κ1) is 53.6. The molecule has 9 rings (SSSR count). The standard InChI is InChI=1S/C72H80N4/c1-67(2,3)49-36-46(37-50(42-49)68(4,5)6)64-58-30-28-56(73-58)55(27-23-22-26-45-24-20-19-21-25-45)57-29-31-59(74-57)65(47-38-51(69(7,8)9)43-52(39-47)70(10,11)12)61-33-35-63(76-61)66(62-34-32-60(64)75-62)48-40-53(71(13,14)15)44-54(41-48)72(16,17)18/h19-21,23-25,27-44,73,76H,1-18H3/b27-23+,56-55?,57-55?,64-58?,64-60?,65-59?,65-61?,66-62?,66-63?. The van der Waals surface area contributed by atoms with Crippen molar-refractivity contribution in [3.8, 4) is 45.2 Å². The Morgan fingerprint density at radius 3 is 1.00 bits per heavy atom. The third-order valence-electron chi connectivity index (χ3n) is 15.0. The van der Waals surface area contributed by atoms with Crippen molar-refractivity contribution < 1.29 is 0 Å². The minimum Gasteiger partial charge on any atom is -0.354 e. The van der Waals surface area contributed by atoms with Crippen LogP contribution in [0.3, 0.4) is 0 Å². The molecule has 0 atom stereocenters. The van der Waals surface area contributed by atoms with Crippen LogP contribution in [0.25, 0.3) is 85.8 Å². The molecule has 0 aliphatic carbocycles. The van der Waals surface area contributed by atoms with Crippen LogP contribution < -0.4 is 0 Å². The second-order valence-corrected chi connectivity index (χ2v) is 27.4. The quantitative estimate of drug-likeness (QED) is 0.173. The molecule has 0 fully saturated rings. The Bertz CT molecular complexity index is 3560. The van der Waals surface area contributed by atoms with E-state index in [9.17, 15) is 0 Å². The Labute approximate surface area is 455 Å². The summed E-state index contributed by atoms with van der Waals surface area (Å²) in [5.41, 5.74) is 23.0. The smallest absolute Gasteiger partial charge is 0.0737 e. The van der Waals surface area contributed by atoms with Gasteiger partial charge in [-0.15, -0.1) is 0 Å². The molecule has 3 aromatic heterocycles. The first-order chi connectivity index (χ1) is 35.4. The van der Waals surface area contributed by atoms with Gasteiger partial charge in [-0.25, -0.2) is 9.97 Å². The number of H-pyrrole nitrogens is 2. The van der Waals surface area contributed by atoms with Crippen LogP contribution in [0.1, 0.15) is 192 Å². The molecule has 0 radical (unpaired) electrons. The van der Waals surface area contributed by atoms with E-state index >= 15 is 0 Å². The van der Waals surface area contributed by atoms with Crippen LogP contribution in [0.5, 0.6) is 0 Å². The molecule has 4 heteroatoms. The van der Waals surface area contributed by atoms with Gasteiger partial charge in [0, 0.05) is 49.9 Å². The number of nitrogens with zero attached hydrogens (tertiary/aromatic N) is 2. The highest BCUT2D eigenvalue weighted by atomic mass is 14.8. The molecule has 0 unspecified atom stereocenters. The molecule has 0 saturated heterocycles. The average molecular weight is 1000 g/mol. The molecule has 76 heavy (non-hydrogen) atoms. The van der Waals surface area contributed by atoms with Gasteiger partial charge in [-0.05, 0) is 155 Å². The fraction of sp³-hybridized carbons (Fsp3) is 0.333. The predicted molar refractivity (Wildman–Crippen MR) is 330 cm³/mol. The van der Waals surface area contributed by atoms with E-state index in [1.165, 1.54) is 33.4 Å². The van der Waals surface area contributed by atoms with Crippen LogP contribution in [-0.4, -0.2) is 19.9 Å². The van der Waals surface area contributed by atoms with Gasteiger partial charge in [0.2, 0.25) is 0 Å². The van der Waals surface area contributed by atoms with Gasteiger partial charge >= 0.3 is 0 Å². The maximum Gasteiger partial charge on any atom is 0.0737 e. The number of aromatic amines is 2. The molecule has 5 heterocycles. The molecular weight excluding hydrogens is 921 g/mol. The maximum atomic E-state index is 5.79. The minimum atomic E-state index is -0.0973. The molecule has 2 aliphatic rings. The van der Waals surface area contributed by atoms with E-state index in [0.717, 1.165) is 89.4 Å². The topological polar surface area (TPSA) is 57.4 Å². The fourth-order valence-corrected chi connectivity index (χ4v) is 10.00. The second kappa shape index (κ2) is 19.4. The lowest BCUT2D eigenvalue weighted by Crippen LogP contribution is -2.16. The van der Waals surface area contributed by atoms with Gasteiger partial charge in [0.1, 0.15) is 0 Å². The Kier molecular flexibility index (Phi) is 13.7. The lowest BCUT2D eigenvalue weighted by molar-refractivity contribution is 0.568. The van der Waals surface area contributed by atoms with Crippen molar-refractivity contribution in [2.45, 2.75) is 157 Å². The zero-order chi connectivity index (χ0) is 54.9. The number of rotatable bonds is 4. The number of aromatic nitrogens is 4. The summed E-state index contributed by atoms with van der Waals surface area (Å²) in [6.45, 7) is 41.6. The number of allylic oxidation sites excluding steroid dienone is 1. The lowest BCUT2D eigenvalue weighted by atomic mass is 9.78. The number of fused-ring (bicyclic) bond motifs is 8. The molecule has 8 bridgehead atoms.